The smallest absolute Gasteiger partial charge is 0.320 e. The molecule has 3 aromatic carbocycles. The number of carboxylic acid groups (broad SMARTS) is 1. The first-order valence-electron chi connectivity index (χ1n) is 10.2. The van der Waals surface area contributed by atoms with Crippen LogP contribution in [-0.4, -0.2) is 23.0 Å². The minimum atomic E-state index is -1.72. The molecule has 0 saturated carbocycles. The van der Waals surface area contributed by atoms with Crippen molar-refractivity contribution in [3.63, 3.8) is 0 Å². The number of benzene rings is 3. The van der Waals surface area contributed by atoms with E-state index in [1.54, 1.807) is 36.4 Å². The zero-order valence-electron chi connectivity index (χ0n) is 17.5. The van der Waals surface area contributed by atoms with Crippen LogP contribution in [0.2, 0.25) is 0 Å². The Labute approximate surface area is 185 Å². The number of amides is 3. The Hall–Kier alpha value is -4.13. The Morgan fingerprint density at radius 3 is 2.28 bits per heavy atom. The van der Waals surface area contributed by atoms with Crippen molar-refractivity contribution in [3.8, 4) is 0 Å². The summed E-state index contributed by atoms with van der Waals surface area (Å²) in [4.78, 5) is 39.9. The molecule has 1 aliphatic rings. The molecule has 0 saturated heterocycles. The third-order valence-electron chi connectivity index (χ3n) is 5.50. The van der Waals surface area contributed by atoms with Gasteiger partial charge in [0.15, 0.2) is 5.54 Å². The Morgan fingerprint density at radius 1 is 0.938 bits per heavy atom. The van der Waals surface area contributed by atoms with Crippen LogP contribution in [0.15, 0.2) is 78.9 Å². The lowest BCUT2D eigenvalue weighted by Gasteiger charge is -2.28. The van der Waals surface area contributed by atoms with Gasteiger partial charge in [-0.25, -0.2) is 4.79 Å². The van der Waals surface area contributed by atoms with E-state index < -0.39 is 29.9 Å². The number of aliphatic carboxylic acids is 1. The number of para-hydroxylation sites is 1. The Bertz CT molecular complexity index is 1160. The van der Waals surface area contributed by atoms with Crippen LogP contribution in [0.4, 0.5) is 16.2 Å². The van der Waals surface area contributed by atoms with Crippen LogP contribution >= 0.6 is 0 Å². The molecule has 0 bridgehead atoms. The minimum Gasteiger partial charge on any atom is -0.481 e. The maximum Gasteiger partial charge on any atom is 0.320 e. The molecule has 1 heterocycles. The van der Waals surface area contributed by atoms with Crippen LogP contribution in [0.1, 0.15) is 23.1 Å². The zero-order chi connectivity index (χ0) is 22.7. The summed E-state index contributed by atoms with van der Waals surface area (Å²) in [6.45, 7) is 2.19. The largest absolute Gasteiger partial charge is 0.481 e. The van der Waals surface area contributed by atoms with E-state index in [1.165, 1.54) is 4.90 Å². The van der Waals surface area contributed by atoms with E-state index in [0.717, 1.165) is 11.1 Å². The van der Waals surface area contributed by atoms with Gasteiger partial charge in [0, 0.05) is 11.3 Å². The number of urea groups is 1. The molecule has 0 fully saturated rings. The number of carboxylic acids is 1. The number of carbonyl (C=O) groups is 3. The molecule has 0 aromatic heterocycles. The fourth-order valence-corrected chi connectivity index (χ4v) is 4.00. The van der Waals surface area contributed by atoms with Gasteiger partial charge in [0.1, 0.15) is 0 Å². The first-order valence-corrected chi connectivity index (χ1v) is 10.2. The molecule has 162 valence electrons. The number of nitrogens with one attached hydrogen (secondary N) is 2. The molecule has 1 aliphatic heterocycles. The summed E-state index contributed by atoms with van der Waals surface area (Å²) >= 11 is 0. The maximum absolute atomic E-state index is 13.7. The predicted molar refractivity (Wildman–Crippen MR) is 121 cm³/mol. The first-order chi connectivity index (χ1) is 15.4. The standard InChI is InChI=1S/C25H23N3O4/c1-17-11-13-19(14-12-17)26-24(32)27-25(15-22(29)30)20-9-5-6-10-21(20)28(23(25)31)16-18-7-3-2-4-8-18/h2-14H,15-16H2,1H3,(H,29,30)(H2,26,27,32)/t25-/m0/s1. The van der Waals surface area contributed by atoms with E-state index >= 15 is 0 Å². The van der Waals surface area contributed by atoms with Crippen LogP contribution in [0.5, 0.6) is 0 Å². The second-order valence-electron chi connectivity index (χ2n) is 7.82. The molecule has 4 rings (SSSR count). The lowest BCUT2D eigenvalue weighted by atomic mass is 9.88. The predicted octanol–water partition coefficient (Wildman–Crippen LogP) is 4.03. The van der Waals surface area contributed by atoms with Crippen molar-refractivity contribution in [1.82, 2.24) is 5.32 Å². The number of nitrogens with zero attached hydrogens (tertiary/aromatic N) is 1. The van der Waals surface area contributed by atoms with Crippen molar-refractivity contribution < 1.29 is 19.5 Å². The molecule has 7 heteroatoms. The number of rotatable bonds is 6. The lowest BCUT2D eigenvalue weighted by molar-refractivity contribution is -0.141. The third-order valence-corrected chi connectivity index (χ3v) is 5.50. The summed E-state index contributed by atoms with van der Waals surface area (Å²) < 4.78 is 0. The van der Waals surface area contributed by atoms with Gasteiger partial charge in [0.05, 0.1) is 18.7 Å². The second-order valence-corrected chi connectivity index (χ2v) is 7.82. The average Bonchev–Trinajstić information content (AvgIpc) is 2.98. The van der Waals surface area contributed by atoms with Gasteiger partial charge in [-0.1, -0.05) is 66.2 Å². The monoisotopic (exact) mass is 429 g/mol. The first kappa shape index (κ1) is 21.1. The number of fused-ring (bicyclic) bond motifs is 1. The SMILES string of the molecule is Cc1ccc(NC(=O)N[C@]2(CC(=O)O)C(=O)N(Cc3ccccc3)c3ccccc32)cc1. The van der Waals surface area contributed by atoms with Crippen molar-refractivity contribution >= 4 is 29.3 Å². The highest BCUT2D eigenvalue weighted by Gasteiger charge is 2.53. The summed E-state index contributed by atoms with van der Waals surface area (Å²) in [6.07, 6.45) is -0.574. The highest BCUT2D eigenvalue weighted by Crippen LogP contribution is 2.43. The van der Waals surface area contributed by atoms with E-state index in [1.807, 2.05) is 49.4 Å². The van der Waals surface area contributed by atoms with Crippen molar-refractivity contribution in [3.05, 3.63) is 95.6 Å². The van der Waals surface area contributed by atoms with E-state index in [2.05, 4.69) is 10.6 Å². The summed E-state index contributed by atoms with van der Waals surface area (Å²) in [5, 5.41) is 15.0. The number of hydrogen-bond donors (Lipinski definition) is 3. The summed E-state index contributed by atoms with van der Waals surface area (Å²) in [7, 11) is 0. The van der Waals surface area contributed by atoms with Crippen molar-refractivity contribution in [2.24, 2.45) is 0 Å². The molecule has 3 N–H and O–H groups in total. The van der Waals surface area contributed by atoms with Crippen molar-refractivity contribution in [1.29, 1.82) is 0 Å². The molecular weight excluding hydrogens is 406 g/mol. The van der Waals surface area contributed by atoms with E-state index in [-0.39, 0.29) is 6.54 Å². The number of hydrogen-bond acceptors (Lipinski definition) is 3. The van der Waals surface area contributed by atoms with E-state index in [0.29, 0.717) is 16.9 Å². The summed E-state index contributed by atoms with van der Waals surface area (Å²) in [5.41, 5.74) is 1.80. The molecular formula is C25H23N3O4. The lowest BCUT2D eigenvalue weighted by Crippen LogP contribution is -2.55. The average molecular weight is 429 g/mol. The molecule has 0 spiro atoms. The molecule has 32 heavy (non-hydrogen) atoms. The minimum absolute atomic E-state index is 0.263. The molecule has 1 atom stereocenters. The van der Waals surface area contributed by atoms with Gasteiger partial charge in [-0.3, -0.25) is 9.59 Å². The summed E-state index contributed by atoms with van der Waals surface area (Å²) in [6, 6.07) is 22.9. The Kier molecular flexibility index (Phi) is 5.64. The van der Waals surface area contributed by atoms with Gasteiger partial charge in [0.25, 0.3) is 5.91 Å². The van der Waals surface area contributed by atoms with Crippen LogP contribution in [0, 0.1) is 6.92 Å². The Balaban J connectivity index is 1.69. The van der Waals surface area contributed by atoms with E-state index in [9.17, 15) is 19.5 Å². The van der Waals surface area contributed by atoms with Crippen LogP contribution in [0.3, 0.4) is 0 Å². The number of aryl methyl sites for hydroxylation is 1. The molecule has 0 aliphatic carbocycles. The zero-order valence-corrected chi connectivity index (χ0v) is 17.5. The number of anilines is 2. The molecule has 3 aromatic rings. The fraction of sp³-hybridized carbons (Fsp3) is 0.160. The molecule has 0 unspecified atom stereocenters. The topological polar surface area (TPSA) is 98.7 Å². The van der Waals surface area contributed by atoms with E-state index in [4.69, 9.17) is 0 Å². The highest BCUT2D eigenvalue weighted by molar-refractivity contribution is 6.11. The van der Waals surface area contributed by atoms with Gasteiger partial charge in [-0.15, -0.1) is 0 Å². The number of carbonyl (C=O) groups excluding carboxylic acids is 2. The van der Waals surface area contributed by atoms with Crippen LogP contribution in [-0.2, 0) is 21.7 Å². The van der Waals surface area contributed by atoms with Gasteiger partial charge in [-0.2, -0.15) is 0 Å². The highest BCUT2D eigenvalue weighted by atomic mass is 16.4. The molecule has 7 nitrogen and oxygen atoms in total. The van der Waals surface area contributed by atoms with Crippen molar-refractivity contribution in [2.45, 2.75) is 25.4 Å². The second kappa shape index (κ2) is 8.55. The summed E-state index contributed by atoms with van der Waals surface area (Å²) in [5.74, 6) is -1.67. The van der Waals surface area contributed by atoms with Crippen LogP contribution < -0.4 is 15.5 Å². The molecule has 3 amide bonds. The van der Waals surface area contributed by atoms with Gasteiger partial charge < -0.3 is 20.6 Å². The molecule has 0 radical (unpaired) electrons. The van der Waals surface area contributed by atoms with Crippen molar-refractivity contribution in [2.75, 3.05) is 10.2 Å². The Morgan fingerprint density at radius 2 is 1.59 bits per heavy atom. The fourth-order valence-electron chi connectivity index (χ4n) is 4.00. The van der Waals surface area contributed by atoms with Crippen LogP contribution in [0.25, 0.3) is 0 Å². The normalized spacial score (nSPS) is 17.0. The quantitative estimate of drug-likeness (QED) is 0.551. The third kappa shape index (κ3) is 4.05. The van der Waals surface area contributed by atoms with Gasteiger partial charge in [-0.05, 0) is 30.7 Å². The van der Waals surface area contributed by atoms with Gasteiger partial charge in [0.2, 0.25) is 0 Å². The maximum atomic E-state index is 13.7. The van der Waals surface area contributed by atoms with Gasteiger partial charge >= 0.3 is 12.0 Å².